The molecule has 0 radical (unpaired) electrons. The van der Waals surface area contributed by atoms with Crippen LogP contribution >= 0.6 is 0 Å². The second-order valence-corrected chi connectivity index (χ2v) is 7.58. The summed E-state index contributed by atoms with van der Waals surface area (Å²) in [4.78, 5) is 17.4. The van der Waals surface area contributed by atoms with E-state index in [1.165, 1.54) is 11.1 Å². The van der Waals surface area contributed by atoms with Gasteiger partial charge in [-0.1, -0.05) is 36.4 Å². The van der Waals surface area contributed by atoms with Crippen molar-refractivity contribution in [2.75, 3.05) is 33.9 Å². The van der Waals surface area contributed by atoms with Gasteiger partial charge in [0.25, 0.3) is 0 Å². The predicted octanol–water partition coefficient (Wildman–Crippen LogP) is 3.96. The fourth-order valence-corrected chi connectivity index (χ4v) is 3.98. The molecule has 0 aromatic heterocycles. The number of likely N-dealkylation sites (tertiary alicyclic amines) is 1. The standard InChI is InChI=1S/C24H32N2O3/c1-4-26(18-19-8-6-5-7-9-19)24(27)21-12-14-25(15-13-21)17-20-10-11-22(28-2)23(16-20)29-3/h5-11,16,21H,4,12-15,17-18H2,1-3H3. The van der Waals surface area contributed by atoms with E-state index >= 15 is 0 Å². The Morgan fingerprint density at radius 3 is 2.31 bits per heavy atom. The second-order valence-electron chi connectivity index (χ2n) is 7.58. The van der Waals surface area contributed by atoms with Gasteiger partial charge in [-0.2, -0.15) is 0 Å². The van der Waals surface area contributed by atoms with Gasteiger partial charge in [0.1, 0.15) is 0 Å². The van der Waals surface area contributed by atoms with Gasteiger partial charge in [0.2, 0.25) is 5.91 Å². The monoisotopic (exact) mass is 396 g/mol. The lowest BCUT2D eigenvalue weighted by Crippen LogP contribution is -2.42. The van der Waals surface area contributed by atoms with Crippen molar-refractivity contribution in [1.29, 1.82) is 0 Å². The van der Waals surface area contributed by atoms with E-state index in [9.17, 15) is 4.79 Å². The molecule has 5 heteroatoms. The van der Waals surface area contributed by atoms with Gasteiger partial charge >= 0.3 is 0 Å². The first-order chi connectivity index (χ1) is 14.1. The molecule has 3 rings (SSSR count). The molecular formula is C24H32N2O3. The molecule has 0 unspecified atom stereocenters. The summed E-state index contributed by atoms with van der Waals surface area (Å²) in [5.74, 6) is 1.93. The highest BCUT2D eigenvalue weighted by Gasteiger charge is 2.28. The van der Waals surface area contributed by atoms with E-state index in [2.05, 4.69) is 30.0 Å². The predicted molar refractivity (Wildman–Crippen MR) is 115 cm³/mol. The Labute approximate surface area is 174 Å². The number of amides is 1. The normalized spacial score (nSPS) is 15.1. The lowest BCUT2D eigenvalue weighted by molar-refractivity contribution is -0.137. The highest BCUT2D eigenvalue weighted by Crippen LogP contribution is 2.29. The van der Waals surface area contributed by atoms with E-state index in [-0.39, 0.29) is 5.92 Å². The number of rotatable bonds is 8. The van der Waals surface area contributed by atoms with Gasteiger partial charge in [0.15, 0.2) is 11.5 Å². The Morgan fingerprint density at radius 2 is 1.69 bits per heavy atom. The fourth-order valence-electron chi connectivity index (χ4n) is 3.98. The number of hydrogen-bond acceptors (Lipinski definition) is 4. The second kappa shape index (κ2) is 10.3. The largest absolute Gasteiger partial charge is 0.493 e. The van der Waals surface area contributed by atoms with Crippen molar-refractivity contribution in [3.05, 3.63) is 59.7 Å². The highest BCUT2D eigenvalue weighted by molar-refractivity contribution is 5.79. The molecule has 1 saturated heterocycles. The van der Waals surface area contributed by atoms with Crippen LogP contribution in [-0.4, -0.2) is 49.6 Å². The smallest absolute Gasteiger partial charge is 0.226 e. The van der Waals surface area contributed by atoms with Crippen molar-refractivity contribution in [3.63, 3.8) is 0 Å². The van der Waals surface area contributed by atoms with Gasteiger partial charge in [0, 0.05) is 25.6 Å². The highest BCUT2D eigenvalue weighted by atomic mass is 16.5. The minimum Gasteiger partial charge on any atom is -0.493 e. The summed E-state index contributed by atoms with van der Waals surface area (Å²) in [5.41, 5.74) is 2.39. The van der Waals surface area contributed by atoms with Gasteiger partial charge in [-0.15, -0.1) is 0 Å². The van der Waals surface area contributed by atoms with Crippen LogP contribution in [-0.2, 0) is 17.9 Å². The molecule has 0 atom stereocenters. The number of carbonyl (C=O) groups is 1. The molecule has 5 nitrogen and oxygen atoms in total. The maximum atomic E-state index is 13.0. The van der Waals surface area contributed by atoms with Crippen molar-refractivity contribution in [2.24, 2.45) is 5.92 Å². The molecule has 0 saturated carbocycles. The van der Waals surface area contributed by atoms with Crippen molar-refractivity contribution >= 4 is 5.91 Å². The summed E-state index contributed by atoms with van der Waals surface area (Å²) >= 11 is 0. The van der Waals surface area contributed by atoms with Crippen LogP contribution in [0.5, 0.6) is 11.5 Å². The topological polar surface area (TPSA) is 42.0 Å². The van der Waals surface area contributed by atoms with Crippen molar-refractivity contribution < 1.29 is 14.3 Å². The van der Waals surface area contributed by atoms with E-state index < -0.39 is 0 Å². The van der Waals surface area contributed by atoms with Crippen molar-refractivity contribution in [2.45, 2.75) is 32.9 Å². The molecule has 0 N–H and O–H groups in total. The minimum atomic E-state index is 0.125. The number of benzene rings is 2. The van der Waals surface area contributed by atoms with Gasteiger partial charge in [-0.05, 0) is 56.1 Å². The Kier molecular flexibility index (Phi) is 7.53. The van der Waals surface area contributed by atoms with Crippen LogP contribution in [0.4, 0.5) is 0 Å². The maximum absolute atomic E-state index is 13.0. The van der Waals surface area contributed by atoms with E-state index in [1.54, 1.807) is 14.2 Å². The third kappa shape index (κ3) is 5.51. The number of piperidine rings is 1. The molecule has 0 aliphatic carbocycles. The Hall–Kier alpha value is -2.53. The summed E-state index contributed by atoms with van der Waals surface area (Å²) in [7, 11) is 3.31. The van der Waals surface area contributed by atoms with Gasteiger partial charge in [-0.25, -0.2) is 0 Å². The summed E-state index contributed by atoms with van der Waals surface area (Å²) in [6, 6.07) is 16.3. The summed E-state index contributed by atoms with van der Waals surface area (Å²) in [5, 5.41) is 0. The number of carbonyl (C=O) groups excluding carboxylic acids is 1. The zero-order chi connectivity index (χ0) is 20.6. The molecule has 0 spiro atoms. The van der Waals surface area contributed by atoms with Crippen LogP contribution in [0.25, 0.3) is 0 Å². The molecule has 0 bridgehead atoms. The minimum absolute atomic E-state index is 0.125. The number of nitrogens with zero attached hydrogens (tertiary/aromatic N) is 2. The Morgan fingerprint density at radius 1 is 1.00 bits per heavy atom. The summed E-state index contributed by atoms with van der Waals surface area (Å²) in [6.07, 6.45) is 1.83. The van der Waals surface area contributed by atoms with Crippen LogP contribution in [0.15, 0.2) is 48.5 Å². The molecule has 29 heavy (non-hydrogen) atoms. The van der Waals surface area contributed by atoms with E-state index in [0.717, 1.165) is 50.5 Å². The fraction of sp³-hybridized carbons (Fsp3) is 0.458. The molecular weight excluding hydrogens is 364 g/mol. The van der Waals surface area contributed by atoms with Gasteiger partial charge < -0.3 is 14.4 Å². The quantitative estimate of drug-likeness (QED) is 0.677. The average Bonchev–Trinajstić information content (AvgIpc) is 2.78. The third-order valence-corrected chi connectivity index (χ3v) is 5.70. The van der Waals surface area contributed by atoms with E-state index in [1.807, 2.05) is 35.2 Å². The Bertz CT molecular complexity index is 786. The number of ether oxygens (including phenoxy) is 2. The number of hydrogen-bond donors (Lipinski definition) is 0. The lowest BCUT2D eigenvalue weighted by Gasteiger charge is -2.34. The van der Waals surface area contributed by atoms with Crippen LogP contribution in [0.3, 0.4) is 0 Å². The zero-order valence-electron chi connectivity index (χ0n) is 17.8. The van der Waals surface area contributed by atoms with Crippen LogP contribution in [0.2, 0.25) is 0 Å². The van der Waals surface area contributed by atoms with Crippen LogP contribution in [0, 0.1) is 5.92 Å². The molecule has 1 heterocycles. The third-order valence-electron chi connectivity index (χ3n) is 5.70. The van der Waals surface area contributed by atoms with Crippen LogP contribution < -0.4 is 9.47 Å². The molecule has 2 aromatic rings. The lowest BCUT2D eigenvalue weighted by atomic mass is 9.94. The molecule has 1 aliphatic rings. The van der Waals surface area contributed by atoms with E-state index in [4.69, 9.17) is 9.47 Å². The summed E-state index contributed by atoms with van der Waals surface area (Å²) in [6.45, 7) is 6.25. The zero-order valence-corrected chi connectivity index (χ0v) is 17.8. The van der Waals surface area contributed by atoms with E-state index in [0.29, 0.717) is 12.5 Å². The summed E-state index contributed by atoms with van der Waals surface area (Å²) < 4.78 is 10.7. The average molecular weight is 397 g/mol. The van der Waals surface area contributed by atoms with Gasteiger partial charge in [-0.3, -0.25) is 9.69 Å². The first-order valence-electron chi connectivity index (χ1n) is 10.4. The number of methoxy groups -OCH3 is 2. The first kappa shape index (κ1) is 21.2. The van der Waals surface area contributed by atoms with Crippen molar-refractivity contribution in [1.82, 2.24) is 9.80 Å². The van der Waals surface area contributed by atoms with Crippen LogP contribution in [0.1, 0.15) is 30.9 Å². The van der Waals surface area contributed by atoms with Crippen molar-refractivity contribution in [3.8, 4) is 11.5 Å². The molecule has 1 aliphatic heterocycles. The van der Waals surface area contributed by atoms with Gasteiger partial charge in [0.05, 0.1) is 14.2 Å². The molecule has 2 aromatic carbocycles. The molecule has 156 valence electrons. The SMILES string of the molecule is CCN(Cc1ccccc1)C(=O)C1CCN(Cc2ccc(OC)c(OC)c2)CC1. The maximum Gasteiger partial charge on any atom is 0.226 e. The molecule has 1 amide bonds. The first-order valence-corrected chi connectivity index (χ1v) is 10.4. The molecule has 1 fully saturated rings. The Balaban J connectivity index is 1.53.